The standard InChI is InChI=1S/C12H17ClN2O4P/c1-15(2)6-5-8-7-14-12-9(13)3-4-10(11(8)12)19-20(16,17)18/h3-4,7,14,16-18H,5-6H2,1-2H3/q+1. The molecule has 0 amide bonds. The molecule has 1 heterocycles. The Morgan fingerprint density at radius 3 is 2.60 bits per heavy atom. The van der Waals surface area contributed by atoms with E-state index in [9.17, 15) is 0 Å². The van der Waals surface area contributed by atoms with Crippen LogP contribution in [0.15, 0.2) is 18.3 Å². The second-order valence-corrected chi connectivity index (χ2v) is 6.38. The van der Waals surface area contributed by atoms with Crippen molar-refractivity contribution < 1.29 is 19.2 Å². The number of nitrogens with zero attached hydrogens (tertiary/aromatic N) is 1. The Morgan fingerprint density at radius 1 is 1.30 bits per heavy atom. The predicted octanol–water partition coefficient (Wildman–Crippen LogP) is 1.96. The van der Waals surface area contributed by atoms with Crippen molar-refractivity contribution in [1.29, 1.82) is 0 Å². The Morgan fingerprint density at radius 2 is 2.00 bits per heavy atom. The molecule has 1 aromatic carbocycles. The van der Waals surface area contributed by atoms with Crippen LogP contribution in [0.1, 0.15) is 5.56 Å². The first-order valence-corrected chi connectivity index (χ1v) is 7.92. The zero-order valence-electron chi connectivity index (χ0n) is 11.2. The number of likely N-dealkylation sites (N-methyl/N-ethyl adjacent to an activating group) is 1. The van der Waals surface area contributed by atoms with E-state index in [0.717, 1.165) is 18.5 Å². The summed E-state index contributed by atoms with van der Waals surface area (Å²) in [6, 6.07) is 3.08. The van der Waals surface area contributed by atoms with E-state index in [-0.39, 0.29) is 5.75 Å². The van der Waals surface area contributed by atoms with Crippen LogP contribution in [0, 0.1) is 0 Å². The molecule has 6 nitrogen and oxygen atoms in total. The van der Waals surface area contributed by atoms with Crippen LogP contribution in [0.2, 0.25) is 5.02 Å². The van der Waals surface area contributed by atoms with Crippen LogP contribution < -0.4 is 4.52 Å². The van der Waals surface area contributed by atoms with Crippen LogP contribution in [-0.2, 0) is 6.42 Å². The summed E-state index contributed by atoms with van der Waals surface area (Å²) in [6.45, 7) is 0.816. The second-order valence-electron chi connectivity index (χ2n) is 4.77. The van der Waals surface area contributed by atoms with Gasteiger partial charge in [-0.25, -0.2) is 0 Å². The van der Waals surface area contributed by atoms with Gasteiger partial charge < -0.3 is 9.88 Å². The van der Waals surface area contributed by atoms with Gasteiger partial charge in [-0.15, -0.1) is 0 Å². The lowest BCUT2D eigenvalue weighted by atomic mass is 10.1. The molecule has 0 aliphatic carbocycles. The number of benzene rings is 1. The number of fused-ring (bicyclic) bond motifs is 1. The number of hydrogen-bond acceptors (Lipinski definition) is 5. The highest BCUT2D eigenvalue weighted by molar-refractivity contribution is 7.53. The summed E-state index contributed by atoms with van der Waals surface area (Å²) in [4.78, 5) is 32.4. The van der Waals surface area contributed by atoms with Gasteiger partial charge in [0.05, 0.1) is 15.9 Å². The van der Waals surface area contributed by atoms with E-state index in [0.29, 0.717) is 15.9 Å². The summed E-state index contributed by atoms with van der Waals surface area (Å²) in [5, 5.41) is 1.15. The van der Waals surface area contributed by atoms with Gasteiger partial charge in [0.15, 0.2) is 5.75 Å². The molecule has 2 aromatic rings. The third kappa shape index (κ3) is 3.61. The second kappa shape index (κ2) is 5.85. The molecule has 2 rings (SSSR count). The fourth-order valence-corrected chi connectivity index (χ4v) is 2.63. The van der Waals surface area contributed by atoms with E-state index in [2.05, 4.69) is 4.98 Å². The summed E-state index contributed by atoms with van der Waals surface area (Å²) < 4.78 is 4.86. The first kappa shape index (κ1) is 15.5. The molecule has 1 aromatic heterocycles. The van der Waals surface area contributed by atoms with Crippen LogP contribution in [0.4, 0.5) is 0 Å². The number of nitrogens with one attached hydrogen (secondary N) is 1. The van der Waals surface area contributed by atoms with Crippen molar-refractivity contribution in [2.75, 3.05) is 20.6 Å². The van der Waals surface area contributed by atoms with Gasteiger partial charge in [0, 0.05) is 12.7 Å². The van der Waals surface area contributed by atoms with Crippen molar-refractivity contribution in [1.82, 2.24) is 9.88 Å². The summed E-state index contributed by atoms with van der Waals surface area (Å²) in [5.41, 5.74) is 1.58. The van der Waals surface area contributed by atoms with E-state index in [4.69, 9.17) is 30.8 Å². The molecule has 20 heavy (non-hydrogen) atoms. The molecule has 110 valence electrons. The molecule has 8 heteroatoms. The van der Waals surface area contributed by atoms with Crippen LogP contribution in [-0.4, -0.2) is 45.2 Å². The topological polar surface area (TPSA) is 89.0 Å². The van der Waals surface area contributed by atoms with E-state index >= 15 is 0 Å². The Hall–Kier alpha value is -0.880. The van der Waals surface area contributed by atoms with E-state index in [1.54, 1.807) is 12.3 Å². The third-order valence-electron chi connectivity index (χ3n) is 2.88. The van der Waals surface area contributed by atoms with E-state index < -0.39 is 8.17 Å². The van der Waals surface area contributed by atoms with Crippen molar-refractivity contribution >= 4 is 30.7 Å². The first-order valence-electron chi connectivity index (χ1n) is 5.98. The van der Waals surface area contributed by atoms with Crippen molar-refractivity contribution in [2.24, 2.45) is 0 Å². The van der Waals surface area contributed by atoms with Gasteiger partial charge in [0.2, 0.25) is 0 Å². The van der Waals surface area contributed by atoms with Gasteiger partial charge >= 0.3 is 8.17 Å². The molecular formula is C12H17ClN2O4P+. The molecule has 0 saturated heterocycles. The Balaban J connectivity index is 2.46. The number of halogens is 1. The van der Waals surface area contributed by atoms with Gasteiger partial charge in [-0.2, -0.15) is 14.7 Å². The summed E-state index contributed by atoms with van der Waals surface area (Å²) >= 11 is 6.10. The van der Waals surface area contributed by atoms with Crippen LogP contribution in [0.25, 0.3) is 10.9 Å². The smallest absolute Gasteiger partial charge is 0.360 e. The lowest BCUT2D eigenvalue weighted by molar-refractivity contribution is 0.239. The zero-order chi connectivity index (χ0) is 14.9. The Labute approximate surface area is 122 Å². The fraction of sp³-hybridized carbons (Fsp3) is 0.333. The van der Waals surface area contributed by atoms with Crippen molar-refractivity contribution in [3.05, 3.63) is 28.9 Å². The lowest BCUT2D eigenvalue weighted by Crippen LogP contribution is -2.14. The molecule has 0 fully saturated rings. The van der Waals surface area contributed by atoms with Gasteiger partial charge in [-0.1, -0.05) is 11.6 Å². The largest absolute Gasteiger partial charge is 0.613 e. The summed E-state index contributed by atoms with van der Waals surface area (Å²) in [5.74, 6) is 0.195. The average molecular weight is 320 g/mol. The highest BCUT2D eigenvalue weighted by Gasteiger charge is 2.36. The minimum absolute atomic E-state index is 0.195. The van der Waals surface area contributed by atoms with Gasteiger partial charge in [-0.05, 0) is 38.2 Å². The monoisotopic (exact) mass is 319 g/mol. The van der Waals surface area contributed by atoms with E-state index in [1.165, 1.54) is 6.07 Å². The first-order chi connectivity index (χ1) is 9.28. The molecule has 0 unspecified atom stereocenters. The lowest BCUT2D eigenvalue weighted by Gasteiger charge is -2.10. The van der Waals surface area contributed by atoms with E-state index in [1.807, 2.05) is 19.0 Å². The average Bonchev–Trinajstić information content (AvgIpc) is 2.73. The number of aromatic nitrogens is 1. The Kier molecular flexibility index (Phi) is 4.54. The summed E-state index contributed by atoms with van der Waals surface area (Å²) in [7, 11) is -0.431. The van der Waals surface area contributed by atoms with Gasteiger partial charge in [0.1, 0.15) is 0 Å². The normalized spacial score (nSPS) is 12.3. The number of hydrogen-bond donors (Lipinski definition) is 4. The number of aromatic amines is 1. The third-order valence-corrected chi connectivity index (χ3v) is 3.63. The van der Waals surface area contributed by atoms with Crippen molar-refractivity contribution in [3.63, 3.8) is 0 Å². The highest BCUT2D eigenvalue weighted by Crippen LogP contribution is 2.49. The molecule has 0 spiro atoms. The molecular weight excluding hydrogens is 303 g/mol. The SMILES string of the molecule is CN(C)CCc1c[nH]c2c(Cl)ccc(O[P+](O)(O)O)c12. The molecule has 0 radical (unpaired) electrons. The molecule has 0 saturated carbocycles. The molecule has 0 atom stereocenters. The predicted molar refractivity (Wildman–Crippen MR) is 79.8 cm³/mol. The maximum atomic E-state index is 9.09. The number of rotatable bonds is 5. The molecule has 0 aliphatic heterocycles. The van der Waals surface area contributed by atoms with Crippen LogP contribution >= 0.6 is 19.8 Å². The zero-order valence-corrected chi connectivity index (χ0v) is 12.8. The van der Waals surface area contributed by atoms with Gasteiger partial charge in [-0.3, -0.25) is 4.52 Å². The maximum absolute atomic E-state index is 9.09. The fourth-order valence-electron chi connectivity index (χ4n) is 2.00. The quantitative estimate of drug-likeness (QED) is 0.633. The van der Waals surface area contributed by atoms with Crippen LogP contribution in [0.3, 0.4) is 0 Å². The van der Waals surface area contributed by atoms with Crippen molar-refractivity contribution in [2.45, 2.75) is 6.42 Å². The highest BCUT2D eigenvalue weighted by atomic mass is 35.5. The summed E-state index contributed by atoms with van der Waals surface area (Å²) in [6.07, 6.45) is 2.54. The van der Waals surface area contributed by atoms with Crippen LogP contribution in [0.5, 0.6) is 5.75 Å². The number of H-pyrrole nitrogens is 1. The van der Waals surface area contributed by atoms with Crippen molar-refractivity contribution in [3.8, 4) is 5.75 Å². The molecule has 4 N–H and O–H groups in total. The molecule has 0 aliphatic rings. The Bertz CT molecular complexity index is 609. The molecule has 0 bridgehead atoms. The minimum atomic E-state index is -4.36. The van der Waals surface area contributed by atoms with Gasteiger partial charge in [0.25, 0.3) is 0 Å². The maximum Gasteiger partial charge on any atom is 0.613 e. The minimum Gasteiger partial charge on any atom is -0.360 e.